The van der Waals surface area contributed by atoms with Gasteiger partial charge in [-0.2, -0.15) is 10.2 Å². The van der Waals surface area contributed by atoms with Gasteiger partial charge < -0.3 is 5.32 Å². The number of anilines is 2. The summed E-state index contributed by atoms with van der Waals surface area (Å²) >= 11 is 7.51. The van der Waals surface area contributed by atoms with Gasteiger partial charge in [0, 0.05) is 16.6 Å². The second-order valence-corrected chi connectivity index (χ2v) is 6.69. The molecule has 0 saturated carbocycles. The number of hydrogen-bond donors (Lipinski definition) is 1. The van der Waals surface area contributed by atoms with Crippen molar-refractivity contribution in [2.75, 3.05) is 5.32 Å². The van der Waals surface area contributed by atoms with Gasteiger partial charge in [0.05, 0.1) is 17.0 Å². The highest BCUT2D eigenvalue weighted by Gasteiger charge is 2.15. The molecule has 7 heteroatoms. The molecule has 1 N–H and O–H groups in total. The fraction of sp³-hybridized carbons (Fsp3) is 0. The smallest absolute Gasteiger partial charge is 0.225 e. The average Bonchev–Trinajstić information content (AvgIpc) is 3.06. The number of fused-ring (bicyclic) bond motifs is 1. The van der Waals surface area contributed by atoms with Crippen LogP contribution in [-0.2, 0) is 0 Å². The van der Waals surface area contributed by atoms with Crippen molar-refractivity contribution in [1.82, 2.24) is 9.97 Å². The van der Waals surface area contributed by atoms with E-state index in [2.05, 4.69) is 21.4 Å². The molecule has 0 aliphatic rings. The summed E-state index contributed by atoms with van der Waals surface area (Å²) < 4.78 is 13.3. The second-order valence-electron chi connectivity index (χ2n) is 5.50. The normalized spacial score (nSPS) is 10.7. The van der Waals surface area contributed by atoms with Gasteiger partial charge in [-0.05, 0) is 47.5 Å². The van der Waals surface area contributed by atoms with Gasteiger partial charge in [0.2, 0.25) is 5.28 Å². The Kier molecular flexibility index (Phi) is 4.25. The summed E-state index contributed by atoms with van der Waals surface area (Å²) in [7, 11) is 0. The summed E-state index contributed by atoms with van der Waals surface area (Å²) in [5.41, 5.74) is 3.00. The van der Waals surface area contributed by atoms with E-state index >= 15 is 0 Å². The summed E-state index contributed by atoms with van der Waals surface area (Å²) in [6.07, 6.45) is 0. The quantitative estimate of drug-likeness (QED) is 0.458. The molecular weight excluding hydrogens is 371 g/mol. The highest BCUT2D eigenvalue weighted by Crippen LogP contribution is 2.38. The van der Waals surface area contributed by atoms with Crippen LogP contribution in [0.1, 0.15) is 5.56 Å². The topological polar surface area (TPSA) is 61.6 Å². The van der Waals surface area contributed by atoms with Gasteiger partial charge in [0.1, 0.15) is 16.5 Å². The van der Waals surface area contributed by atoms with Gasteiger partial charge in [-0.25, -0.2) is 9.37 Å². The molecular formula is C19H10ClFN4S. The van der Waals surface area contributed by atoms with Gasteiger partial charge in [-0.3, -0.25) is 0 Å². The Morgan fingerprint density at radius 2 is 1.92 bits per heavy atom. The molecule has 0 aliphatic heterocycles. The van der Waals surface area contributed by atoms with Gasteiger partial charge in [-0.1, -0.05) is 18.2 Å². The van der Waals surface area contributed by atoms with Gasteiger partial charge >= 0.3 is 0 Å². The lowest BCUT2D eigenvalue weighted by Crippen LogP contribution is -1.97. The van der Waals surface area contributed by atoms with Crippen LogP contribution < -0.4 is 5.32 Å². The molecule has 2 aromatic carbocycles. The Hall–Kier alpha value is -3.01. The Balaban J connectivity index is 1.86. The number of halogens is 2. The minimum Gasteiger partial charge on any atom is -0.339 e. The van der Waals surface area contributed by atoms with Gasteiger partial charge in [0.15, 0.2) is 0 Å². The van der Waals surface area contributed by atoms with Crippen LogP contribution in [0.25, 0.3) is 21.3 Å². The maximum Gasteiger partial charge on any atom is 0.225 e. The van der Waals surface area contributed by atoms with Crippen molar-refractivity contribution in [3.8, 4) is 17.2 Å². The Labute approximate surface area is 157 Å². The third-order valence-corrected chi connectivity index (χ3v) is 4.86. The molecule has 2 aromatic heterocycles. The molecule has 4 nitrogen and oxygen atoms in total. The second kappa shape index (κ2) is 6.71. The number of hydrogen-bond acceptors (Lipinski definition) is 5. The number of thiophene rings is 1. The zero-order chi connectivity index (χ0) is 18.1. The molecule has 4 aromatic rings. The molecule has 126 valence electrons. The summed E-state index contributed by atoms with van der Waals surface area (Å²) in [4.78, 5) is 9.33. The molecule has 2 heterocycles. The summed E-state index contributed by atoms with van der Waals surface area (Å²) in [6.45, 7) is 0. The van der Waals surface area contributed by atoms with E-state index in [1.165, 1.54) is 23.5 Å². The zero-order valence-electron chi connectivity index (χ0n) is 13.2. The zero-order valence-corrected chi connectivity index (χ0v) is 14.8. The molecule has 0 amide bonds. The molecule has 0 aliphatic carbocycles. The van der Waals surface area contributed by atoms with E-state index < -0.39 is 0 Å². The fourth-order valence-electron chi connectivity index (χ4n) is 2.65. The number of benzene rings is 2. The lowest BCUT2D eigenvalue weighted by molar-refractivity contribution is 0.628. The Morgan fingerprint density at radius 1 is 1.12 bits per heavy atom. The lowest BCUT2D eigenvalue weighted by atomic mass is 10.1. The first-order chi connectivity index (χ1) is 12.6. The largest absolute Gasteiger partial charge is 0.339 e. The van der Waals surface area contributed by atoms with Crippen LogP contribution in [0.3, 0.4) is 0 Å². The van der Waals surface area contributed by atoms with Crippen LogP contribution in [0.4, 0.5) is 15.9 Å². The van der Waals surface area contributed by atoms with E-state index in [4.69, 9.17) is 16.9 Å². The summed E-state index contributed by atoms with van der Waals surface area (Å²) in [5.74, 6) is 0.245. The van der Waals surface area contributed by atoms with Crippen molar-refractivity contribution in [3.05, 3.63) is 70.6 Å². The number of nitrogens with zero attached hydrogens (tertiary/aromatic N) is 3. The Morgan fingerprint density at radius 3 is 2.69 bits per heavy atom. The average molecular weight is 381 g/mol. The van der Waals surface area contributed by atoms with Crippen molar-refractivity contribution in [2.24, 2.45) is 0 Å². The van der Waals surface area contributed by atoms with Crippen LogP contribution >= 0.6 is 22.9 Å². The number of aromatic nitrogens is 2. The van der Waals surface area contributed by atoms with Crippen LogP contribution in [0.2, 0.25) is 5.28 Å². The first-order valence-corrected chi connectivity index (χ1v) is 8.87. The molecule has 4 rings (SSSR count). The van der Waals surface area contributed by atoms with Crippen molar-refractivity contribution >= 4 is 44.7 Å². The first-order valence-electron chi connectivity index (χ1n) is 7.62. The molecule has 0 atom stereocenters. The van der Waals surface area contributed by atoms with Crippen molar-refractivity contribution < 1.29 is 4.39 Å². The van der Waals surface area contributed by atoms with E-state index in [0.717, 1.165) is 27.0 Å². The minimum absolute atomic E-state index is 0.129. The molecule has 0 radical (unpaired) electrons. The van der Waals surface area contributed by atoms with Gasteiger partial charge in [-0.15, -0.1) is 11.3 Å². The van der Waals surface area contributed by atoms with E-state index in [9.17, 15) is 4.39 Å². The maximum absolute atomic E-state index is 13.3. The van der Waals surface area contributed by atoms with Gasteiger partial charge in [0.25, 0.3) is 0 Å². The number of nitriles is 1. The highest BCUT2D eigenvalue weighted by molar-refractivity contribution is 7.17. The first kappa shape index (κ1) is 16.5. The number of rotatable bonds is 3. The summed E-state index contributed by atoms with van der Waals surface area (Å²) in [6, 6.07) is 15.4. The summed E-state index contributed by atoms with van der Waals surface area (Å²) in [5, 5.41) is 15.2. The molecule has 0 bridgehead atoms. The van der Waals surface area contributed by atoms with Crippen LogP contribution in [0.5, 0.6) is 0 Å². The minimum atomic E-state index is -0.292. The van der Waals surface area contributed by atoms with Crippen LogP contribution in [0.15, 0.2) is 53.9 Å². The molecule has 0 spiro atoms. The van der Waals surface area contributed by atoms with Crippen LogP contribution in [0, 0.1) is 17.1 Å². The number of nitrogens with one attached hydrogen (secondary N) is 1. The lowest BCUT2D eigenvalue weighted by Gasteiger charge is -2.09. The molecule has 26 heavy (non-hydrogen) atoms. The predicted octanol–water partition coefficient (Wildman–Crippen LogP) is 5.77. The molecule has 0 saturated heterocycles. The maximum atomic E-state index is 13.3. The van der Waals surface area contributed by atoms with Crippen LogP contribution in [-0.4, -0.2) is 9.97 Å². The standard InChI is InChI=1S/C19H10ClFN4S/c20-19-24-17(23-14-3-1-2-11(8-14)9-22)16-15(10-26-18(16)25-19)12-4-6-13(21)7-5-12/h1-8,10H,(H,23,24,25). The molecule has 0 fully saturated rings. The van der Waals surface area contributed by atoms with E-state index in [0.29, 0.717) is 11.4 Å². The van der Waals surface area contributed by atoms with E-state index in [-0.39, 0.29) is 11.1 Å². The third-order valence-electron chi connectivity index (χ3n) is 3.82. The fourth-order valence-corrected chi connectivity index (χ4v) is 3.82. The van der Waals surface area contributed by atoms with Crippen molar-refractivity contribution in [1.29, 1.82) is 5.26 Å². The predicted molar refractivity (Wildman–Crippen MR) is 102 cm³/mol. The Bertz CT molecular complexity index is 1150. The SMILES string of the molecule is N#Cc1cccc(Nc2nc(Cl)nc3scc(-c4ccc(F)cc4)c23)c1. The molecule has 0 unspecified atom stereocenters. The van der Waals surface area contributed by atoms with Crippen molar-refractivity contribution in [2.45, 2.75) is 0 Å². The van der Waals surface area contributed by atoms with Crippen molar-refractivity contribution in [3.63, 3.8) is 0 Å². The monoisotopic (exact) mass is 380 g/mol. The third kappa shape index (κ3) is 3.10. The van der Waals surface area contributed by atoms with E-state index in [1.807, 2.05) is 11.4 Å². The van der Waals surface area contributed by atoms with E-state index in [1.54, 1.807) is 30.3 Å². The highest BCUT2D eigenvalue weighted by atomic mass is 35.5.